The molecule has 0 aromatic heterocycles. The summed E-state index contributed by atoms with van der Waals surface area (Å²) in [6.07, 6.45) is 1.45. The number of hydrogen-bond donors (Lipinski definition) is 2. The van der Waals surface area contributed by atoms with Gasteiger partial charge in [-0.05, 0) is 69.5 Å². The molecule has 0 spiro atoms. The normalized spacial score (nSPS) is 11.1. The Bertz CT molecular complexity index is 1410. The van der Waals surface area contributed by atoms with Crippen molar-refractivity contribution >= 4 is 38.8 Å². The number of halogens is 2. The topological polar surface area (TPSA) is 80.2 Å². The number of carbonyl (C=O) groups excluding carboxylic acids is 1. The maximum absolute atomic E-state index is 13.9. The third-order valence-corrected chi connectivity index (χ3v) is 5.74. The van der Waals surface area contributed by atoms with Gasteiger partial charge in [-0.2, -0.15) is 5.10 Å². The van der Waals surface area contributed by atoms with Gasteiger partial charge in [0.15, 0.2) is 11.5 Å². The molecule has 0 bridgehead atoms. The van der Waals surface area contributed by atoms with Crippen molar-refractivity contribution in [1.29, 1.82) is 0 Å². The second-order valence-corrected chi connectivity index (χ2v) is 8.41. The Labute approximate surface area is 210 Å². The van der Waals surface area contributed by atoms with Crippen molar-refractivity contribution in [3.8, 4) is 17.2 Å². The van der Waals surface area contributed by atoms with E-state index < -0.39 is 5.91 Å². The summed E-state index contributed by atoms with van der Waals surface area (Å²) in [4.78, 5) is 12.6. The molecule has 0 aliphatic heterocycles. The molecule has 1 amide bonds. The number of nitrogens with one attached hydrogen (secondary N) is 1. The molecule has 6 nitrogen and oxygen atoms in total. The van der Waals surface area contributed by atoms with E-state index in [9.17, 15) is 14.3 Å². The minimum absolute atomic E-state index is 0.0318. The molecule has 0 saturated heterocycles. The summed E-state index contributed by atoms with van der Waals surface area (Å²) in [5, 5.41) is 15.9. The van der Waals surface area contributed by atoms with Crippen molar-refractivity contribution in [3.63, 3.8) is 0 Å². The lowest BCUT2D eigenvalue weighted by Crippen LogP contribution is -2.17. The number of benzene rings is 4. The Balaban J connectivity index is 1.50. The number of amides is 1. The van der Waals surface area contributed by atoms with Crippen LogP contribution in [-0.4, -0.2) is 23.8 Å². The lowest BCUT2D eigenvalue weighted by molar-refractivity contribution is 0.0952. The van der Waals surface area contributed by atoms with E-state index in [0.717, 1.165) is 10.8 Å². The van der Waals surface area contributed by atoms with Crippen LogP contribution < -0.4 is 14.9 Å². The van der Waals surface area contributed by atoms with E-state index in [0.29, 0.717) is 33.7 Å². The predicted molar refractivity (Wildman–Crippen MR) is 137 cm³/mol. The lowest BCUT2D eigenvalue weighted by atomic mass is 10.1. The fraction of sp³-hybridized carbons (Fsp3) is 0.111. The monoisotopic (exact) mass is 536 g/mol. The molecule has 0 aliphatic rings. The first-order valence-electron chi connectivity index (χ1n) is 10.8. The Morgan fingerprint density at radius 3 is 2.51 bits per heavy atom. The number of carbonyl (C=O) groups is 1. The van der Waals surface area contributed by atoms with Crippen molar-refractivity contribution in [2.24, 2.45) is 5.10 Å². The molecule has 178 valence electrons. The summed E-state index contributed by atoms with van der Waals surface area (Å²) in [5.41, 5.74) is 3.60. The maximum Gasteiger partial charge on any atom is 0.275 e. The van der Waals surface area contributed by atoms with Crippen LogP contribution in [0.2, 0.25) is 0 Å². The quantitative estimate of drug-likeness (QED) is 0.208. The number of aromatic hydroxyl groups is 1. The minimum atomic E-state index is -0.543. The molecule has 0 heterocycles. The summed E-state index contributed by atoms with van der Waals surface area (Å²) in [6, 6.07) is 20.4. The summed E-state index contributed by atoms with van der Waals surface area (Å²) in [7, 11) is 0. The molecule has 0 fully saturated rings. The van der Waals surface area contributed by atoms with E-state index in [1.54, 1.807) is 42.5 Å². The number of hydrogen-bond acceptors (Lipinski definition) is 5. The first-order chi connectivity index (χ1) is 17.0. The van der Waals surface area contributed by atoms with E-state index in [4.69, 9.17) is 9.47 Å². The molecule has 0 aliphatic carbocycles. The first-order valence-corrected chi connectivity index (χ1v) is 11.6. The highest BCUT2D eigenvalue weighted by Crippen LogP contribution is 2.37. The largest absolute Gasteiger partial charge is 0.507 e. The number of rotatable bonds is 8. The Morgan fingerprint density at radius 1 is 1.06 bits per heavy atom. The number of phenolic OH excluding ortho intramolecular Hbond substituents is 1. The highest BCUT2D eigenvalue weighted by Gasteiger charge is 2.14. The van der Waals surface area contributed by atoms with Gasteiger partial charge in [0.2, 0.25) is 0 Å². The Morgan fingerprint density at radius 2 is 1.77 bits per heavy atom. The van der Waals surface area contributed by atoms with E-state index >= 15 is 0 Å². The average molecular weight is 537 g/mol. The van der Waals surface area contributed by atoms with Gasteiger partial charge in [-0.15, -0.1) is 0 Å². The van der Waals surface area contributed by atoms with Crippen LogP contribution in [0.15, 0.2) is 82.4 Å². The molecule has 0 radical (unpaired) electrons. The molecule has 4 aromatic rings. The molecule has 35 heavy (non-hydrogen) atoms. The van der Waals surface area contributed by atoms with Crippen LogP contribution >= 0.6 is 15.9 Å². The van der Waals surface area contributed by atoms with Gasteiger partial charge < -0.3 is 14.6 Å². The van der Waals surface area contributed by atoms with E-state index in [1.807, 2.05) is 31.2 Å². The van der Waals surface area contributed by atoms with Crippen molar-refractivity contribution < 1.29 is 23.8 Å². The predicted octanol–water partition coefficient (Wildman–Crippen LogP) is 6.19. The van der Waals surface area contributed by atoms with Crippen LogP contribution in [0.1, 0.15) is 28.4 Å². The third-order valence-electron chi connectivity index (χ3n) is 5.15. The molecular formula is C27H22BrFN2O4. The Hall–Kier alpha value is -3.91. The van der Waals surface area contributed by atoms with Gasteiger partial charge in [0.1, 0.15) is 18.2 Å². The number of ether oxygens (including phenoxy) is 2. The van der Waals surface area contributed by atoms with Crippen LogP contribution in [0, 0.1) is 5.82 Å². The fourth-order valence-electron chi connectivity index (χ4n) is 3.47. The second kappa shape index (κ2) is 11.0. The van der Waals surface area contributed by atoms with E-state index in [1.165, 1.54) is 12.3 Å². The number of phenols is 1. The standard InChI is InChI=1S/C27H22BrFN2O4/c1-2-34-25-12-17(11-22(28)26(25)35-16-20-9-5-6-10-23(20)29)15-30-31-27(33)21-13-18-7-3-4-8-19(18)14-24(21)32/h3-15,32H,2,16H2,1H3,(H,31,33). The minimum Gasteiger partial charge on any atom is -0.507 e. The van der Waals surface area contributed by atoms with Gasteiger partial charge in [-0.3, -0.25) is 4.79 Å². The van der Waals surface area contributed by atoms with Gasteiger partial charge in [0.25, 0.3) is 5.91 Å². The highest BCUT2D eigenvalue weighted by atomic mass is 79.9. The molecule has 0 saturated carbocycles. The first kappa shape index (κ1) is 24.2. The molecule has 4 rings (SSSR count). The molecule has 0 atom stereocenters. The summed E-state index contributed by atoms with van der Waals surface area (Å²) >= 11 is 3.47. The summed E-state index contributed by atoms with van der Waals surface area (Å²) < 4.78 is 26.1. The van der Waals surface area contributed by atoms with Crippen molar-refractivity contribution in [3.05, 3.63) is 99.8 Å². The molecule has 4 aromatic carbocycles. The van der Waals surface area contributed by atoms with Crippen molar-refractivity contribution in [2.75, 3.05) is 6.61 Å². The van der Waals surface area contributed by atoms with Crippen LogP contribution in [0.3, 0.4) is 0 Å². The van der Waals surface area contributed by atoms with E-state index in [2.05, 4.69) is 26.5 Å². The molecule has 8 heteroatoms. The third kappa shape index (κ3) is 5.78. The van der Waals surface area contributed by atoms with Crippen LogP contribution in [0.25, 0.3) is 10.8 Å². The zero-order chi connectivity index (χ0) is 24.8. The second-order valence-electron chi connectivity index (χ2n) is 7.56. The maximum atomic E-state index is 13.9. The Kier molecular flexibility index (Phi) is 7.62. The number of nitrogens with zero attached hydrogens (tertiary/aromatic N) is 1. The molecule has 0 unspecified atom stereocenters. The van der Waals surface area contributed by atoms with Gasteiger partial charge in [0, 0.05) is 5.56 Å². The smallest absolute Gasteiger partial charge is 0.275 e. The highest BCUT2D eigenvalue weighted by molar-refractivity contribution is 9.10. The summed E-state index contributed by atoms with van der Waals surface area (Å²) in [6.45, 7) is 2.26. The fourth-order valence-corrected chi connectivity index (χ4v) is 4.04. The number of hydrazone groups is 1. The van der Waals surface area contributed by atoms with Crippen LogP contribution in [-0.2, 0) is 6.61 Å². The van der Waals surface area contributed by atoms with Crippen molar-refractivity contribution in [1.82, 2.24) is 5.43 Å². The molecule has 2 N–H and O–H groups in total. The van der Waals surface area contributed by atoms with Crippen molar-refractivity contribution in [2.45, 2.75) is 13.5 Å². The van der Waals surface area contributed by atoms with Gasteiger partial charge in [-0.1, -0.05) is 42.5 Å². The average Bonchev–Trinajstić information content (AvgIpc) is 2.84. The van der Waals surface area contributed by atoms with Crippen LogP contribution in [0.4, 0.5) is 4.39 Å². The SMILES string of the molecule is CCOc1cc(C=NNC(=O)c2cc3ccccc3cc2O)cc(Br)c1OCc1ccccc1F. The zero-order valence-corrected chi connectivity index (χ0v) is 20.4. The van der Waals surface area contributed by atoms with Crippen LogP contribution in [0.5, 0.6) is 17.2 Å². The number of fused-ring (bicyclic) bond motifs is 1. The van der Waals surface area contributed by atoms with Gasteiger partial charge >= 0.3 is 0 Å². The van der Waals surface area contributed by atoms with E-state index in [-0.39, 0.29) is 23.7 Å². The van der Waals surface area contributed by atoms with Gasteiger partial charge in [-0.25, -0.2) is 9.82 Å². The lowest BCUT2D eigenvalue weighted by Gasteiger charge is -2.15. The molecular weight excluding hydrogens is 515 g/mol. The summed E-state index contributed by atoms with van der Waals surface area (Å²) in [5.74, 6) is -0.151. The zero-order valence-electron chi connectivity index (χ0n) is 18.8. The van der Waals surface area contributed by atoms with Gasteiger partial charge in [0.05, 0.1) is 22.9 Å².